The number of methoxy groups -OCH3 is 1. The molecule has 2 N–H and O–H groups in total. The summed E-state index contributed by atoms with van der Waals surface area (Å²) >= 11 is 0. The molecule has 0 aliphatic rings. The third kappa shape index (κ3) is 5.67. The van der Waals surface area contributed by atoms with Crippen molar-refractivity contribution in [1.29, 1.82) is 0 Å². The zero-order chi connectivity index (χ0) is 13.2. The van der Waals surface area contributed by atoms with Gasteiger partial charge in [-0.1, -0.05) is 0 Å². The normalized spacial score (nSPS) is 11.6. The van der Waals surface area contributed by atoms with Crippen molar-refractivity contribution in [2.75, 3.05) is 33.9 Å². The molecule has 1 heterocycles. The predicted molar refractivity (Wildman–Crippen MR) is 72.8 cm³/mol. The molecule has 0 aromatic carbocycles. The van der Waals surface area contributed by atoms with Crippen molar-refractivity contribution in [3.05, 3.63) is 18.0 Å². The number of ether oxygens (including phenoxy) is 1. The monoisotopic (exact) mass is 253 g/mol. The summed E-state index contributed by atoms with van der Waals surface area (Å²) in [5, 5.41) is 10.7. The van der Waals surface area contributed by atoms with Crippen LogP contribution in [0.4, 0.5) is 0 Å². The molecule has 102 valence electrons. The highest BCUT2D eigenvalue weighted by molar-refractivity contribution is 5.79. The minimum Gasteiger partial charge on any atom is -0.385 e. The van der Waals surface area contributed by atoms with Gasteiger partial charge in [0, 0.05) is 40.1 Å². The van der Waals surface area contributed by atoms with E-state index >= 15 is 0 Å². The van der Waals surface area contributed by atoms with E-state index in [1.807, 2.05) is 24.0 Å². The highest BCUT2D eigenvalue weighted by Crippen LogP contribution is 1.92. The van der Waals surface area contributed by atoms with Crippen LogP contribution in [0.25, 0.3) is 0 Å². The lowest BCUT2D eigenvalue weighted by Crippen LogP contribution is -2.39. The van der Waals surface area contributed by atoms with Crippen LogP contribution < -0.4 is 10.6 Å². The van der Waals surface area contributed by atoms with E-state index in [2.05, 4.69) is 20.7 Å². The molecule has 0 bridgehead atoms. The molecule has 1 rings (SSSR count). The van der Waals surface area contributed by atoms with Crippen LogP contribution in [0, 0.1) is 6.92 Å². The van der Waals surface area contributed by atoms with E-state index in [1.165, 1.54) is 5.56 Å². The van der Waals surface area contributed by atoms with Crippen molar-refractivity contribution in [3.8, 4) is 0 Å². The number of hydrogen-bond donors (Lipinski definition) is 2. The molecule has 0 unspecified atom stereocenters. The topological polar surface area (TPSA) is 63.5 Å². The lowest BCUT2D eigenvalue weighted by atomic mass is 10.4. The van der Waals surface area contributed by atoms with Gasteiger partial charge >= 0.3 is 0 Å². The highest BCUT2D eigenvalue weighted by Gasteiger charge is 1.97. The van der Waals surface area contributed by atoms with Crippen molar-refractivity contribution in [1.82, 2.24) is 20.4 Å². The Morgan fingerprint density at radius 2 is 2.22 bits per heavy atom. The van der Waals surface area contributed by atoms with Crippen molar-refractivity contribution >= 4 is 5.96 Å². The molecule has 0 saturated carbocycles. The molecular formula is C12H23N5O. The van der Waals surface area contributed by atoms with Gasteiger partial charge in [0.25, 0.3) is 0 Å². The zero-order valence-corrected chi connectivity index (χ0v) is 11.4. The van der Waals surface area contributed by atoms with Crippen molar-refractivity contribution in [2.24, 2.45) is 4.99 Å². The van der Waals surface area contributed by atoms with Gasteiger partial charge in [-0.25, -0.2) is 0 Å². The highest BCUT2D eigenvalue weighted by atomic mass is 16.5. The third-order valence-corrected chi connectivity index (χ3v) is 2.44. The largest absolute Gasteiger partial charge is 0.385 e. The summed E-state index contributed by atoms with van der Waals surface area (Å²) in [6.45, 7) is 5.27. The van der Waals surface area contributed by atoms with Crippen LogP contribution in [-0.4, -0.2) is 49.6 Å². The van der Waals surface area contributed by atoms with Crippen LogP contribution in [-0.2, 0) is 11.3 Å². The number of aryl methyl sites for hydroxylation is 1. The van der Waals surface area contributed by atoms with Gasteiger partial charge in [-0.2, -0.15) is 5.10 Å². The third-order valence-electron chi connectivity index (χ3n) is 2.44. The Morgan fingerprint density at radius 1 is 1.44 bits per heavy atom. The van der Waals surface area contributed by atoms with Crippen molar-refractivity contribution in [2.45, 2.75) is 19.9 Å². The Hall–Kier alpha value is -1.56. The minimum absolute atomic E-state index is 0.760. The molecule has 0 saturated heterocycles. The molecule has 0 aliphatic carbocycles. The smallest absolute Gasteiger partial charge is 0.191 e. The molecule has 0 fully saturated rings. The van der Waals surface area contributed by atoms with Gasteiger partial charge in [0.05, 0.1) is 12.7 Å². The molecule has 6 nitrogen and oxygen atoms in total. The maximum Gasteiger partial charge on any atom is 0.191 e. The lowest BCUT2D eigenvalue weighted by molar-refractivity contribution is 0.195. The van der Waals surface area contributed by atoms with Gasteiger partial charge in [-0.15, -0.1) is 0 Å². The summed E-state index contributed by atoms with van der Waals surface area (Å²) in [6.07, 6.45) is 4.85. The Kier molecular flexibility index (Phi) is 6.86. The first-order chi connectivity index (χ1) is 8.76. The number of guanidine groups is 1. The number of aromatic nitrogens is 2. The van der Waals surface area contributed by atoms with Crippen LogP contribution in [0.2, 0.25) is 0 Å². The predicted octanol–water partition coefficient (Wildman–Crippen LogP) is 0.393. The Morgan fingerprint density at radius 3 is 2.83 bits per heavy atom. The second-order valence-corrected chi connectivity index (χ2v) is 4.05. The Labute approximate surface area is 108 Å². The molecule has 1 aromatic heterocycles. The molecule has 6 heteroatoms. The van der Waals surface area contributed by atoms with Gasteiger partial charge in [0.15, 0.2) is 5.96 Å². The van der Waals surface area contributed by atoms with Gasteiger partial charge < -0.3 is 15.4 Å². The van der Waals surface area contributed by atoms with Crippen LogP contribution in [0.5, 0.6) is 0 Å². The molecule has 0 radical (unpaired) electrons. The van der Waals surface area contributed by atoms with E-state index in [-0.39, 0.29) is 0 Å². The van der Waals surface area contributed by atoms with Crippen LogP contribution >= 0.6 is 0 Å². The van der Waals surface area contributed by atoms with E-state index in [0.717, 1.165) is 38.6 Å². The van der Waals surface area contributed by atoms with Gasteiger partial charge in [0.1, 0.15) is 0 Å². The minimum atomic E-state index is 0.760. The fourth-order valence-corrected chi connectivity index (χ4v) is 1.52. The summed E-state index contributed by atoms with van der Waals surface area (Å²) in [5.74, 6) is 0.815. The number of nitrogens with one attached hydrogen (secondary N) is 2. The van der Waals surface area contributed by atoms with E-state index in [9.17, 15) is 0 Å². The van der Waals surface area contributed by atoms with Gasteiger partial charge in [-0.05, 0) is 18.9 Å². The van der Waals surface area contributed by atoms with Crippen LogP contribution in [0.15, 0.2) is 17.4 Å². The summed E-state index contributed by atoms with van der Waals surface area (Å²) in [5.41, 5.74) is 1.18. The number of hydrogen-bond acceptors (Lipinski definition) is 3. The molecule has 18 heavy (non-hydrogen) atoms. The summed E-state index contributed by atoms with van der Waals surface area (Å²) in [6, 6.07) is 0. The molecule has 0 amide bonds. The van der Waals surface area contributed by atoms with E-state index in [1.54, 1.807) is 14.2 Å². The van der Waals surface area contributed by atoms with Gasteiger partial charge in [-0.3, -0.25) is 9.67 Å². The standard InChI is InChI=1S/C12H23N5O/c1-11-9-16-17(10-11)7-6-15-12(13-2)14-5-4-8-18-3/h9-10H,4-8H2,1-3H3,(H2,13,14,15). The average molecular weight is 253 g/mol. The molecule has 1 aromatic rings. The van der Waals surface area contributed by atoms with Gasteiger partial charge in [0.2, 0.25) is 0 Å². The van der Waals surface area contributed by atoms with Crippen molar-refractivity contribution in [3.63, 3.8) is 0 Å². The molecule has 0 spiro atoms. The van der Waals surface area contributed by atoms with Crippen molar-refractivity contribution < 1.29 is 4.74 Å². The zero-order valence-electron chi connectivity index (χ0n) is 11.4. The number of nitrogens with zero attached hydrogens (tertiary/aromatic N) is 3. The number of rotatable bonds is 7. The fraction of sp³-hybridized carbons (Fsp3) is 0.667. The summed E-state index contributed by atoms with van der Waals surface area (Å²) in [7, 11) is 3.48. The van der Waals surface area contributed by atoms with Crippen LogP contribution in [0.3, 0.4) is 0 Å². The van der Waals surface area contributed by atoms with E-state index in [4.69, 9.17) is 4.74 Å². The first kappa shape index (κ1) is 14.5. The first-order valence-corrected chi connectivity index (χ1v) is 6.18. The average Bonchev–Trinajstić information content (AvgIpc) is 2.78. The summed E-state index contributed by atoms with van der Waals surface area (Å²) < 4.78 is 6.90. The lowest BCUT2D eigenvalue weighted by Gasteiger charge is -2.11. The first-order valence-electron chi connectivity index (χ1n) is 6.18. The fourth-order valence-electron chi connectivity index (χ4n) is 1.52. The second-order valence-electron chi connectivity index (χ2n) is 4.05. The maximum absolute atomic E-state index is 4.99. The van der Waals surface area contributed by atoms with E-state index in [0.29, 0.717) is 0 Å². The molecular weight excluding hydrogens is 230 g/mol. The Bertz CT molecular complexity index is 361. The molecule has 0 atom stereocenters. The molecule has 0 aliphatic heterocycles. The quantitative estimate of drug-likeness (QED) is 0.419. The SMILES string of the molecule is CN=C(NCCCOC)NCCn1cc(C)cn1. The van der Waals surface area contributed by atoms with Crippen LogP contribution in [0.1, 0.15) is 12.0 Å². The number of aliphatic imine (C=N–C) groups is 1. The second kappa shape index (κ2) is 8.52. The van der Waals surface area contributed by atoms with E-state index < -0.39 is 0 Å². The summed E-state index contributed by atoms with van der Waals surface area (Å²) in [4.78, 5) is 4.15. The Balaban J connectivity index is 2.15. The maximum atomic E-state index is 4.99.